The molecule has 6 heteroatoms. The fourth-order valence-electron chi connectivity index (χ4n) is 3.49. The van der Waals surface area contributed by atoms with E-state index in [0.717, 1.165) is 50.9 Å². The summed E-state index contributed by atoms with van der Waals surface area (Å²) < 4.78 is 5.47. The van der Waals surface area contributed by atoms with Crippen LogP contribution in [0.15, 0.2) is 36.5 Å². The highest BCUT2D eigenvalue weighted by Crippen LogP contribution is 2.28. The average Bonchev–Trinajstić information content (AvgIpc) is 2.70. The van der Waals surface area contributed by atoms with Crippen LogP contribution in [0.3, 0.4) is 0 Å². The van der Waals surface area contributed by atoms with Gasteiger partial charge in [0.2, 0.25) is 5.95 Å². The molecule has 132 valence electrons. The van der Waals surface area contributed by atoms with E-state index in [4.69, 9.17) is 9.72 Å². The van der Waals surface area contributed by atoms with Crippen molar-refractivity contribution in [1.82, 2.24) is 9.97 Å². The Morgan fingerprint density at radius 2 is 1.68 bits per heavy atom. The summed E-state index contributed by atoms with van der Waals surface area (Å²) in [5.41, 5.74) is 2.22. The Balaban J connectivity index is 1.54. The van der Waals surface area contributed by atoms with Crippen LogP contribution < -0.4 is 15.1 Å². The lowest BCUT2D eigenvalue weighted by Crippen LogP contribution is -2.36. The predicted molar refractivity (Wildman–Crippen MR) is 101 cm³/mol. The first-order chi connectivity index (χ1) is 12.4. The van der Waals surface area contributed by atoms with Gasteiger partial charge >= 0.3 is 0 Å². The first-order valence-electron chi connectivity index (χ1n) is 9.17. The molecule has 3 heterocycles. The SMILES string of the molecule is c1ccc(N2CCOCC2)c(Nc2nccc(N3CCCCC3)n2)c1. The molecular weight excluding hydrogens is 314 g/mol. The minimum Gasteiger partial charge on any atom is -0.378 e. The van der Waals surface area contributed by atoms with Crippen molar-refractivity contribution in [2.24, 2.45) is 0 Å². The fourth-order valence-corrected chi connectivity index (χ4v) is 3.49. The summed E-state index contributed by atoms with van der Waals surface area (Å²) >= 11 is 0. The lowest BCUT2D eigenvalue weighted by atomic mass is 10.1. The lowest BCUT2D eigenvalue weighted by molar-refractivity contribution is 0.123. The Kier molecular flexibility index (Phi) is 4.97. The highest BCUT2D eigenvalue weighted by atomic mass is 16.5. The second-order valence-electron chi connectivity index (χ2n) is 6.53. The molecule has 0 spiro atoms. The number of benzene rings is 1. The van der Waals surface area contributed by atoms with E-state index in [1.165, 1.54) is 24.9 Å². The highest BCUT2D eigenvalue weighted by Gasteiger charge is 2.16. The molecule has 2 fully saturated rings. The van der Waals surface area contributed by atoms with Crippen molar-refractivity contribution in [3.05, 3.63) is 36.5 Å². The Bertz CT molecular complexity index is 696. The van der Waals surface area contributed by atoms with E-state index in [2.05, 4.69) is 38.3 Å². The smallest absolute Gasteiger partial charge is 0.229 e. The number of nitrogens with one attached hydrogen (secondary N) is 1. The number of anilines is 4. The standard InChI is InChI=1S/C19H25N5O/c1-4-10-24(11-5-1)18-8-9-20-19(22-18)21-16-6-2-3-7-17(16)23-12-14-25-15-13-23/h2-3,6-9H,1,4-5,10-15H2,(H,20,21,22). The molecule has 1 N–H and O–H groups in total. The molecule has 4 rings (SSSR count). The second-order valence-corrected chi connectivity index (χ2v) is 6.53. The van der Waals surface area contributed by atoms with E-state index in [1.54, 1.807) is 0 Å². The number of ether oxygens (including phenoxy) is 1. The van der Waals surface area contributed by atoms with Gasteiger partial charge in [-0.15, -0.1) is 0 Å². The van der Waals surface area contributed by atoms with Gasteiger partial charge in [0.05, 0.1) is 24.6 Å². The molecule has 0 unspecified atom stereocenters. The molecule has 2 saturated heterocycles. The van der Waals surface area contributed by atoms with Crippen molar-refractivity contribution in [2.45, 2.75) is 19.3 Å². The van der Waals surface area contributed by atoms with Gasteiger partial charge in [-0.3, -0.25) is 0 Å². The van der Waals surface area contributed by atoms with Gasteiger partial charge in [-0.05, 0) is 37.5 Å². The van der Waals surface area contributed by atoms with Gasteiger partial charge in [-0.25, -0.2) is 4.98 Å². The Labute approximate surface area is 148 Å². The molecule has 1 aromatic carbocycles. The monoisotopic (exact) mass is 339 g/mol. The average molecular weight is 339 g/mol. The van der Waals surface area contributed by atoms with E-state index in [1.807, 2.05) is 18.3 Å². The van der Waals surface area contributed by atoms with Gasteiger partial charge in [0, 0.05) is 32.4 Å². The molecule has 0 amide bonds. The number of morpholine rings is 1. The Hall–Kier alpha value is -2.34. The van der Waals surface area contributed by atoms with Crippen LogP contribution in [-0.2, 0) is 4.74 Å². The molecule has 1 aromatic heterocycles. The van der Waals surface area contributed by atoms with Crippen molar-refractivity contribution >= 4 is 23.1 Å². The summed E-state index contributed by atoms with van der Waals surface area (Å²) in [6.45, 7) is 5.53. The number of para-hydroxylation sites is 2. The van der Waals surface area contributed by atoms with Gasteiger partial charge in [-0.1, -0.05) is 12.1 Å². The molecule has 0 saturated carbocycles. The van der Waals surface area contributed by atoms with Crippen LogP contribution in [0.1, 0.15) is 19.3 Å². The normalized spacial score (nSPS) is 18.2. The summed E-state index contributed by atoms with van der Waals surface area (Å²) in [6.07, 6.45) is 5.65. The Morgan fingerprint density at radius 3 is 2.52 bits per heavy atom. The zero-order valence-corrected chi connectivity index (χ0v) is 14.5. The van der Waals surface area contributed by atoms with Gasteiger partial charge < -0.3 is 19.9 Å². The number of hydrogen-bond donors (Lipinski definition) is 1. The number of nitrogens with zero attached hydrogens (tertiary/aromatic N) is 4. The van der Waals surface area contributed by atoms with Crippen LogP contribution in [0.25, 0.3) is 0 Å². The second kappa shape index (κ2) is 7.70. The topological polar surface area (TPSA) is 53.5 Å². The number of hydrogen-bond acceptors (Lipinski definition) is 6. The van der Waals surface area contributed by atoms with Gasteiger partial charge in [0.25, 0.3) is 0 Å². The lowest BCUT2D eigenvalue weighted by Gasteiger charge is -2.30. The zero-order valence-electron chi connectivity index (χ0n) is 14.5. The van der Waals surface area contributed by atoms with Crippen LogP contribution in [0.5, 0.6) is 0 Å². The quantitative estimate of drug-likeness (QED) is 0.924. The summed E-state index contributed by atoms with van der Waals surface area (Å²) in [5.74, 6) is 1.67. The van der Waals surface area contributed by atoms with Crippen LogP contribution in [0.4, 0.5) is 23.1 Å². The van der Waals surface area contributed by atoms with E-state index < -0.39 is 0 Å². The van der Waals surface area contributed by atoms with E-state index >= 15 is 0 Å². The van der Waals surface area contributed by atoms with Crippen molar-refractivity contribution in [2.75, 3.05) is 54.5 Å². The molecule has 2 aliphatic rings. The van der Waals surface area contributed by atoms with Gasteiger partial charge in [-0.2, -0.15) is 4.98 Å². The molecule has 0 bridgehead atoms. The third-order valence-electron chi connectivity index (χ3n) is 4.82. The van der Waals surface area contributed by atoms with Gasteiger partial charge in [0.15, 0.2) is 0 Å². The first kappa shape index (κ1) is 16.1. The molecule has 0 radical (unpaired) electrons. The summed E-state index contributed by atoms with van der Waals surface area (Å²) in [6, 6.07) is 10.3. The molecule has 2 aromatic rings. The van der Waals surface area contributed by atoms with Crippen LogP contribution >= 0.6 is 0 Å². The van der Waals surface area contributed by atoms with Crippen molar-refractivity contribution in [3.63, 3.8) is 0 Å². The van der Waals surface area contributed by atoms with Crippen molar-refractivity contribution in [1.29, 1.82) is 0 Å². The molecule has 6 nitrogen and oxygen atoms in total. The maximum atomic E-state index is 5.47. The third kappa shape index (κ3) is 3.85. The van der Waals surface area contributed by atoms with Crippen LogP contribution in [0.2, 0.25) is 0 Å². The molecular formula is C19H25N5O. The maximum absolute atomic E-state index is 5.47. The molecule has 2 aliphatic heterocycles. The highest BCUT2D eigenvalue weighted by molar-refractivity contribution is 5.73. The van der Waals surface area contributed by atoms with Gasteiger partial charge in [0.1, 0.15) is 5.82 Å². The summed E-state index contributed by atoms with van der Waals surface area (Å²) in [5, 5.41) is 3.42. The maximum Gasteiger partial charge on any atom is 0.229 e. The van der Waals surface area contributed by atoms with Crippen LogP contribution in [-0.4, -0.2) is 49.4 Å². The van der Waals surface area contributed by atoms with E-state index in [-0.39, 0.29) is 0 Å². The van der Waals surface area contributed by atoms with Crippen molar-refractivity contribution < 1.29 is 4.74 Å². The summed E-state index contributed by atoms with van der Waals surface area (Å²) in [4.78, 5) is 13.9. The first-order valence-corrected chi connectivity index (χ1v) is 9.17. The fraction of sp³-hybridized carbons (Fsp3) is 0.474. The van der Waals surface area contributed by atoms with Crippen LogP contribution in [0, 0.1) is 0 Å². The van der Waals surface area contributed by atoms with E-state index in [9.17, 15) is 0 Å². The molecule has 0 aliphatic carbocycles. The third-order valence-corrected chi connectivity index (χ3v) is 4.82. The molecule has 0 atom stereocenters. The predicted octanol–water partition coefficient (Wildman–Crippen LogP) is 3.05. The largest absolute Gasteiger partial charge is 0.378 e. The minimum atomic E-state index is 0.656. The number of aromatic nitrogens is 2. The van der Waals surface area contributed by atoms with Crippen molar-refractivity contribution in [3.8, 4) is 0 Å². The number of piperidine rings is 1. The minimum absolute atomic E-state index is 0.656. The summed E-state index contributed by atoms with van der Waals surface area (Å²) in [7, 11) is 0. The van der Waals surface area contributed by atoms with E-state index in [0.29, 0.717) is 5.95 Å². The molecule has 25 heavy (non-hydrogen) atoms. The zero-order chi connectivity index (χ0) is 16.9. The number of rotatable bonds is 4. The Morgan fingerprint density at radius 1 is 0.880 bits per heavy atom.